The van der Waals surface area contributed by atoms with E-state index in [0.29, 0.717) is 17.6 Å². The zero-order valence-electron chi connectivity index (χ0n) is 9.72. The number of nitrogens with one attached hydrogen (secondary N) is 2. The van der Waals surface area contributed by atoms with Crippen LogP contribution in [-0.4, -0.2) is 16.7 Å². The largest absolute Gasteiger partial charge is 0.305 e. The lowest BCUT2D eigenvalue weighted by Crippen LogP contribution is -2.34. The average Bonchev–Trinajstić information content (AvgIpc) is 2.42. The Kier molecular flexibility index (Phi) is 3.86. The third-order valence-corrected chi connectivity index (χ3v) is 2.54. The first-order chi connectivity index (χ1) is 8.77. The molecule has 1 aromatic heterocycles. The first kappa shape index (κ1) is 12.0. The first-order valence-corrected chi connectivity index (χ1v) is 5.63. The van der Waals surface area contributed by atoms with Crippen molar-refractivity contribution in [2.24, 2.45) is 0 Å². The van der Waals surface area contributed by atoms with Gasteiger partial charge >= 0.3 is 0 Å². The van der Waals surface area contributed by atoms with Crippen molar-refractivity contribution in [3.8, 4) is 0 Å². The van der Waals surface area contributed by atoms with Gasteiger partial charge in [0.15, 0.2) is 5.78 Å². The van der Waals surface area contributed by atoms with Crippen LogP contribution in [0.15, 0.2) is 48.5 Å². The molecule has 0 saturated heterocycles. The number of rotatable bonds is 3. The van der Waals surface area contributed by atoms with Crippen LogP contribution in [0.4, 0.5) is 0 Å². The van der Waals surface area contributed by atoms with Crippen LogP contribution in [0.25, 0.3) is 0 Å². The SMILES string of the molecule is O=C1C=CCC/C1=C\NNC(=O)c1ccncc1. The standard InChI is InChI=1S/C13H13N3O2/c17-12-4-2-1-3-11(12)9-15-16-13(18)10-5-7-14-8-6-10/h2,4-9,15H,1,3H2,(H,16,18)/b11-9+. The monoisotopic (exact) mass is 243 g/mol. The highest BCUT2D eigenvalue weighted by molar-refractivity contribution is 6.04. The minimum atomic E-state index is -0.270. The fourth-order valence-electron chi connectivity index (χ4n) is 1.57. The second-order valence-electron chi connectivity index (χ2n) is 3.81. The molecule has 0 aromatic carbocycles. The van der Waals surface area contributed by atoms with Crippen LogP contribution in [0.5, 0.6) is 0 Å². The van der Waals surface area contributed by atoms with Crippen LogP contribution >= 0.6 is 0 Å². The summed E-state index contributed by atoms with van der Waals surface area (Å²) < 4.78 is 0. The van der Waals surface area contributed by atoms with E-state index >= 15 is 0 Å². The van der Waals surface area contributed by atoms with E-state index in [0.717, 1.165) is 6.42 Å². The summed E-state index contributed by atoms with van der Waals surface area (Å²) in [6.45, 7) is 0. The molecule has 1 aliphatic rings. The molecule has 0 unspecified atom stereocenters. The maximum Gasteiger partial charge on any atom is 0.269 e. The molecular weight excluding hydrogens is 230 g/mol. The fraction of sp³-hybridized carbons (Fsp3) is 0.154. The van der Waals surface area contributed by atoms with Crippen LogP contribution in [0.3, 0.4) is 0 Å². The molecule has 2 rings (SSSR count). The molecule has 0 radical (unpaired) electrons. The molecule has 0 aliphatic heterocycles. The summed E-state index contributed by atoms with van der Waals surface area (Å²) in [5.74, 6) is -0.292. The molecule has 1 amide bonds. The maximum absolute atomic E-state index is 11.6. The highest BCUT2D eigenvalue weighted by Gasteiger charge is 2.09. The summed E-state index contributed by atoms with van der Waals surface area (Å²) in [4.78, 5) is 26.9. The van der Waals surface area contributed by atoms with Gasteiger partial charge in [-0.05, 0) is 31.1 Å². The van der Waals surface area contributed by atoms with Crippen LogP contribution in [-0.2, 0) is 4.79 Å². The first-order valence-electron chi connectivity index (χ1n) is 5.63. The summed E-state index contributed by atoms with van der Waals surface area (Å²) in [6, 6.07) is 3.22. The molecule has 0 saturated carbocycles. The lowest BCUT2D eigenvalue weighted by Gasteiger charge is -2.09. The van der Waals surface area contributed by atoms with E-state index < -0.39 is 0 Å². The lowest BCUT2D eigenvalue weighted by molar-refractivity contribution is -0.111. The van der Waals surface area contributed by atoms with Crippen molar-refractivity contribution in [1.29, 1.82) is 0 Å². The second-order valence-corrected chi connectivity index (χ2v) is 3.81. The number of allylic oxidation sites excluding steroid dienone is 3. The highest BCUT2D eigenvalue weighted by atomic mass is 16.2. The molecule has 18 heavy (non-hydrogen) atoms. The number of carbonyl (C=O) groups is 2. The molecule has 1 aromatic rings. The Labute approximate surface area is 105 Å². The molecule has 92 valence electrons. The van der Waals surface area contributed by atoms with Gasteiger partial charge in [0, 0.05) is 29.7 Å². The summed E-state index contributed by atoms with van der Waals surface area (Å²) in [5, 5.41) is 0. The van der Waals surface area contributed by atoms with E-state index in [1.165, 1.54) is 6.20 Å². The second kappa shape index (κ2) is 5.77. The van der Waals surface area contributed by atoms with Crippen molar-refractivity contribution < 1.29 is 9.59 Å². The predicted octanol–water partition coefficient (Wildman–Crippen LogP) is 1.12. The number of ketones is 1. The number of hydrogen-bond donors (Lipinski definition) is 2. The van der Waals surface area contributed by atoms with E-state index in [2.05, 4.69) is 15.8 Å². The van der Waals surface area contributed by atoms with Crippen LogP contribution in [0.2, 0.25) is 0 Å². The van der Waals surface area contributed by atoms with Crippen molar-refractivity contribution in [2.45, 2.75) is 12.8 Å². The molecular formula is C13H13N3O2. The zero-order chi connectivity index (χ0) is 12.8. The van der Waals surface area contributed by atoms with Gasteiger partial charge in [-0.3, -0.25) is 20.0 Å². The van der Waals surface area contributed by atoms with Crippen molar-refractivity contribution in [3.05, 3.63) is 54.0 Å². The van der Waals surface area contributed by atoms with Crippen LogP contribution in [0, 0.1) is 0 Å². The number of pyridine rings is 1. The number of nitrogens with zero attached hydrogens (tertiary/aromatic N) is 1. The topological polar surface area (TPSA) is 71.1 Å². The molecule has 1 aliphatic carbocycles. The van der Waals surface area contributed by atoms with Crippen molar-refractivity contribution in [2.75, 3.05) is 0 Å². The van der Waals surface area contributed by atoms with E-state index in [1.807, 2.05) is 6.08 Å². The van der Waals surface area contributed by atoms with Crippen molar-refractivity contribution >= 4 is 11.7 Å². The van der Waals surface area contributed by atoms with Gasteiger partial charge in [-0.15, -0.1) is 0 Å². The van der Waals surface area contributed by atoms with Gasteiger partial charge in [-0.25, -0.2) is 0 Å². The highest BCUT2D eigenvalue weighted by Crippen LogP contribution is 2.12. The predicted molar refractivity (Wildman–Crippen MR) is 66.3 cm³/mol. The summed E-state index contributed by atoms with van der Waals surface area (Å²) in [5.41, 5.74) is 6.31. The molecule has 5 heteroatoms. The Bertz CT molecular complexity index is 506. The van der Waals surface area contributed by atoms with Gasteiger partial charge in [0.05, 0.1) is 0 Å². The van der Waals surface area contributed by atoms with Gasteiger partial charge in [0.1, 0.15) is 0 Å². The third kappa shape index (κ3) is 3.04. The molecule has 2 N–H and O–H groups in total. The Morgan fingerprint density at radius 1 is 1.33 bits per heavy atom. The lowest BCUT2D eigenvalue weighted by atomic mass is 10.0. The van der Waals surface area contributed by atoms with E-state index in [9.17, 15) is 9.59 Å². The van der Waals surface area contributed by atoms with E-state index in [4.69, 9.17) is 0 Å². The van der Waals surface area contributed by atoms with Gasteiger partial charge in [0.25, 0.3) is 5.91 Å². The van der Waals surface area contributed by atoms with Gasteiger partial charge in [0.2, 0.25) is 0 Å². The van der Waals surface area contributed by atoms with Crippen molar-refractivity contribution in [1.82, 2.24) is 15.8 Å². The Morgan fingerprint density at radius 3 is 2.83 bits per heavy atom. The van der Waals surface area contributed by atoms with Gasteiger partial charge in [-0.2, -0.15) is 0 Å². The van der Waals surface area contributed by atoms with Crippen molar-refractivity contribution in [3.63, 3.8) is 0 Å². The van der Waals surface area contributed by atoms with E-state index in [1.54, 1.807) is 30.6 Å². The van der Waals surface area contributed by atoms with Gasteiger partial charge < -0.3 is 5.43 Å². The number of aromatic nitrogens is 1. The molecule has 0 bridgehead atoms. The van der Waals surface area contributed by atoms with Crippen LogP contribution in [0.1, 0.15) is 23.2 Å². The zero-order valence-corrected chi connectivity index (χ0v) is 9.72. The average molecular weight is 243 g/mol. The fourth-order valence-corrected chi connectivity index (χ4v) is 1.57. The number of carbonyl (C=O) groups excluding carboxylic acids is 2. The number of hydrazine groups is 1. The molecule has 0 atom stereocenters. The maximum atomic E-state index is 11.6. The minimum absolute atomic E-state index is 0.0214. The third-order valence-electron chi connectivity index (χ3n) is 2.54. The normalized spacial score (nSPS) is 16.7. The Morgan fingerprint density at radius 2 is 2.11 bits per heavy atom. The Balaban J connectivity index is 1.89. The van der Waals surface area contributed by atoms with Gasteiger partial charge in [-0.1, -0.05) is 6.08 Å². The smallest absolute Gasteiger partial charge is 0.269 e. The summed E-state index contributed by atoms with van der Waals surface area (Å²) in [6.07, 6.45) is 9.54. The number of hydrogen-bond acceptors (Lipinski definition) is 4. The number of amides is 1. The summed E-state index contributed by atoms with van der Waals surface area (Å²) in [7, 11) is 0. The Hall–Kier alpha value is -2.43. The molecule has 5 nitrogen and oxygen atoms in total. The molecule has 1 heterocycles. The molecule has 0 fully saturated rings. The van der Waals surface area contributed by atoms with E-state index in [-0.39, 0.29) is 11.7 Å². The minimum Gasteiger partial charge on any atom is -0.305 e. The summed E-state index contributed by atoms with van der Waals surface area (Å²) >= 11 is 0. The quantitative estimate of drug-likeness (QED) is 0.616. The van der Waals surface area contributed by atoms with Crippen LogP contribution < -0.4 is 10.9 Å². The molecule has 0 spiro atoms.